The normalized spacial score (nSPS) is 21.1. The second kappa shape index (κ2) is 5.26. The summed E-state index contributed by atoms with van der Waals surface area (Å²) in [6.45, 7) is 1.36. The Hall–Kier alpha value is -2.10. The van der Waals surface area contributed by atoms with Gasteiger partial charge in [0.05, 0.1) is 6.54 Å². The van der Waals surface area contributed by atoms with Gasteiger partial charge in [0.1, 0.15) is 0 Å². The van der Waals surface area contributed by atoms with Crippen LogP contribution in [0.15, 0.2) is 48.8 Å². The maximum atomic E-state index is 12.0. The summed E-state index contributed by atoms with van der Waals surface area (Å²) in [5.41, 5.74) is 1.27. The molecular formula is C15H17N3O. The van der Waals surface area contributed by atoms with E-state index >= 15 is 0 Å². The zero-order valence-electron chi connectivity index (χ0n) is 10.7. The van der Waals surface area contributed by atoms with E-state index in [9.17, 15) is 4.79 Å². The van der Waals surface area contributed by atoms with Crippen LogP contribution < -0.4 is 5.32 Å². The van der Waals surface area contributed by atoms with Crippen molar-refractivity contribution in [1.29, 1.82) is 0 Å². The molecule has 2 atom stereocenters. The number of nitrogens with zero attached hydrogens (tertiary/aromatic N) is 2. The third-order valence-electron chi connectivity index (χ3n) is 3.55. The van der Waals surface area contributed by atoms with Crippen molar-refractivity contribution in [3.63, 3.8) is 0 Å². The summed E-state index contributed by atoms with van der Waals surface area (Å²) < 4.78 is 1.82. The van der Waals surface area contributed by atoms with Crippen LogP contribution in [0, 0.1) is 5.92 Å². The number of carbonyl (C=O) groups is 1. The van der Waals surface area contributed by atoms with Crippen LogP contribution >= 0.6 is 0 Å². The summed E-state index contributed by atoms with van der Waals surface area (Å²) in [5, 5.41) is 7.08. The third kappa shape index (κ3) is 2.84. The molecule has 1 saturated carbocycles. The molecule has 0 bridgehead atoms. The third-order valence-corrected chi connectivity index (χ3v) is 3.55. The van der Waals surface area contributed by atoms with Crippen LogP contribution in [-0.2, 0) is 11.3 Å². The fourth-order valence-corrected chi connectivity index (χ4v) is 2.41. The first-order valence-corrected chi connectivity index (χ1v) is 6.64. The number of aromatic nitrogens is 2. The van der Waals surface area contributed by atoms with E-state index in [1.807, 2.05) is 35.1 Å². The van der Waals surface area contributed by atoms with Crippen molar-refractivity contribution >= 4 is 5.91 Å². The molecule has 3 rings (SSSR count). The molecular weight excluding hydrogens is 238 g/mol. The van der Waals surface area contributed by atoms with E-state index in [1.54, 1.807) is 6.20 Å². The molecule has 19 heavy (non-hydrogen) atoms. The molecule has 2 aromatic rings. The molecule has 1 N–H and O–H groups in total. The summed E-state index contributed by atoms with van der Waals surface area (Å²) in [6, 6.07) is 12.1. The minimum Gasteiger partial charge on any atom is -0.354 e. The van der Waals surface area contributed by atoms with Gasteiger partial charge in [-0.15, -0.1) is 0 Å². The average molecular weight is 255 g/mol. The van der Waals surface area contributed by atoms with Gasteiger partial charge in [-0.2, -0.15) is 5.10 Å². The van der Waals surface area contributed by atoms with Crippen molar-refractivity contribution in [3.05, 3.63) is 54.4 Å². The first-order chi connectivity index (χ1) is 9.34. The summed E-state index contributed by atoms with van der Waals surface area (Å²) >= 11 is 0. The Balaban J connectivity index is 1.45. The van der Waals surface area contributed by atoms with E-state index in [2.05, 4.69) is 22.5 Å². The van der Waals surface area contributed by atoms with Crippen LogP contribution in [-0.4, -0.2) is 22.2 Å². The van der Waals surface area contributed by atoms with Gasteiger partial charge in [0.15, 0.2) is 0 Å². The van der Waals surface area contributed by atoms with Gasteiger partial charge in [0.2, 0.25) is 5.91 Å². The van der Waals surface area contributed by atoms with E-state index in [4.69, 9.17) is 0 Å². The summed E-state index contributed by atoms with van der Waals surface area (Å²) in [6.07, 6.45) is 4.61. The molecule has 4 heteroatoms. The highest BCUT2D eigenvalue weighted by atomic mass is 16.2. The highest BCUT2D eigenvalue weighted by Gasteiger charge is 2.43. The predicted molar refractivity (Wildman–Crippen MR) is 72.5 cm³/mol. The summed E-state index contributed by atoms with van der Waals surface area (Å²) in [7, 11) is 0. The van der Waals surface area contributed by atoms with Gasteiger partial charge >= 0.3 is 0 Å². The highest BCUT2D eigenvalue weighted by Crippen LogP contribution is 2.47. The van der Waals surface area contributed by atoms with Gasteiger partial charge in [-0.1, -0.05) is 30.3 Å². The Kier molecular flexibility index (Phi) is 3.31. The maximum Gasteiger partial charge on any atom is 0.223 e. The minimum atomic E-state index is 0.153. The van der Waals surface area contributed by atoms with Crippen molar-refractivity contribution in [3.8, 4) is 0 Å². The van der Waals surface area contributed by atoms with Crippen LogP contribution in [0.2, 0.25) is 0 Å². The van der Waals surface area contributed by atoms with E-state index in [-0.39, 0.29) is 11.8 Å². The lowest BCUT2D eigenvalue weighted by molar-refractivity contribution is -0.122. The first-order valence-electron chi connectivity index (χ1n) is 6.64. The zero-order valence-corrected chi connectivity index (χ0v) is 10.7. The molecule has 1 fully saturated rings. The van der Waals surface area contributed by atoms with Crippen LogP contribution in [0.1, 0.15) is 17.9 Å². The monoisotopic (exact) mass is 255 g/mol. The van der Waals surface area contributed by atoms with E-state index in [1.165, 1.54) is 5.56 Å². The molecule has 0 aliphatic heterocycles. The molecule has 1 amide bonds. The molecule has 2 unspecified atom stereocenters. The van der Waals surface area contributed by atoms with Gasteiger partial charge < -0.3 is 5.32 Å². The molecule has 1 aliphatic rings. The van der Waals surface area contributed by atoms with Gasteiger partial charge in [-0.3, -0.25) is 9.48 Å². The number of benzene rings is 1. The zero-order chi connectivity index (χ0) is 13.1. The minimum absolute atomic E-state index is 0.153. The fraction of sp³-hybridized carbons (Fsp3) is 0.333. The van der Waals surface area contributed by atoms with Crippen LogP contribution in [0.5, 0.6) is 0 Å². The molecule has 1 aromatic carbocycles. The van der Waals surface area contributed by atoms with E-state index < -0.39 is 0 Å². The summed E-state index contributed by atoms with van der Waals surface area (Å²) in [4.78, 5) is 12.0. The molecule has 98 valence electrons. The Morgan fingerprint density at radius 3 is 2.89 bits per heavy atom. The topological polar surface area (TPSA) is 46.9 Å². The molecule has 4 nitrogen and oxygen atoms in total. The van der Waals surface area contributed by atoms with Crippen molar-refractivity contribution in [2.24, 2.45) is 5.92 Å². The Bertz CT molecular complexity index is 536. The number of rotatable bonds is 5. The Morgan fingerprint density at radius 2 is 2.16 bits per heavy atom. The van der Waals surface area contributed by atoms with Crippen molar-refractivity contribution in [2.45, 2.75) is 18.9 Å². The van der Waals surface area contributed by atoms with Gasteiger partial charge in [-0.05, 0) is 24.0 Å². The molecule has 1 heterocycles. The number of amides is 1. The number of carbonyl (C=O) groups excluding carboxylic acids is 1. The van der Waals surface area contributed by atoms with Crippen molar-refractivity contribution in [2.75, 3.05) is 6.54 Å². The predicted octanol–water partition coefficient (Wildman–Crippen LogP) is 1.80. The lowest BCUT2D eigenvalue weighted by Crippen LogP contribution is -2.29. The lowest BCUT2D eigenvalue weighted by Gasteiger charge is -2.05. The highest BCUT2D eigenvalue weighted by molar-refractivity contribution is 5.82. The molecule has 1 aliphatic carbocycles. The Morgan fingerprint density at radius 1 is 1.32 bits per heavy atom. The second-order valence-electron chi connectivity index (χ2n) is 4.92. The smallest absolute Gasteiger partial charge is 0.223 e. The van der Waals surface area contributed by atoms with Crippen LogP contribution in [0.25, 0.3) is 0 Å². The SMILES string of the molecule is O=C(NCCn1cccn1)C1CC1c1ccccc1. The number of nitrogens with one attached hydrogen (secondary N) is 1. The second-order valence-corrected chi connectivity index (χ2v) is 4.92. The van der Waals surface area contributed by atoms with Crippen molar-refractivity contribution < 1.29 is 4.79 Å². The number of hydrogen-bond acceptors (Lipinski definition) is 2. The largest absolute Gasteiger partial charge is 0.354 e. The fourth-order valence-electron chi connectivity index (χ4n) is 2.41. The van der Waals surface area contributed by atoms with E-state index in [0.717, 1.165) is 13.0 Å². The summed E-state index contributed by atoms with van der Waals surface area (Å²) in [5.74, 6) is 0.729. The Labute approximate surface area is 112 Å². The first kappa shape index (κ1) is 12.0. The van der Waals surface area contributed by atoms with Gasteiger partial charge in [-0.25, -0.2) is 0 Å². The maximum absolute atomic E-state index is 12.0. The van der Waals surface area contributed by atoms with Gasteiger partial charge in [0.25, 0.3) is 0 Å². The molecule has 1 aromatic heterocycles. The standard InChI is InChI=1S/C15H17N3O/c19-15(16-8-10-18-9-4-7-17-18)14-11-13(14)12-5-2-1-3-6-12/h1-7,9,13-14H,8,10-11H2,(H,16,19). The number of hydrogen-bond donors (Lipinski definition) is 1. The quantitative estimate of drug-likeness (QED) is 0.885. The van der Waals surface area contributed by atoms with E-state index in [0.29, 0.717) is 12.5 Å². The molecule has 0 spiro atoms. The van der Waals surface area contributed by atoms with Gasteiger partial charge in [0, 0.05) is 24.9 Å². The van der Waals surface area contributed by atoms with Crippen molar-refractivity contribution in [1.82, 2.24) is 15.1 Å². The molecule has 0 radical (unpaired) electrons. The molecule has 0 saturated heterocycles. The van der Waals surface area contributed by atoms with Crippen LogP contribution in [0.4, 0.5) is 0 Å². The lowest BCUT2D eigenvalue weighted by atomic mass is 10.1. The average Bonchev–Trinajstić information content (AvgIpc) is 3.09. The van der Waals surface area contributed by atoms with Crippen LogP contribution in [0.3, 0.4) is 0 Å².